The summed E-state index contributed by atoms with van der Waals surface area (Å²) < 4.78 is 33.8. The second kappa shape index (κ2) is 6.77. The first-order valence-electron chi connectivity index (χ1n) is 7.14. The fraction of sp³-hybridized carbons (Fsp3) is 0.600. The predicted molar refractivity (Wildman–Crippen MR) is 81.5 cm³/mol. The van der Waals surface area contributed by atoms with Crippen molar-refractivity contribution in [2.75, 3.05) is 19.5 Å². The molecule has 0 heterocycles. The Hall–Kier alpha value is -1.11. The summed E-state index contributed by atoms with van der Waals surface area (Å²) in [5, 5.41) is 5.23. The van der Waals surface area contributed by atoms with Gasteiger partial charge in [-0.25, -0.2) is 13.6 Å². The van der Waals surface area contributed by atoms with E-state index >= 15 is 0 Å². The SMILES string of the molecule is COCc1cccc(OCC2(CS(N)(=O)=O)CCCC2)c1. The number of methoxy groups -OCH3 is 1. The summed E-state index contributed by atoms with van der Waals surface area (Å²) in [7, 11) is -1.84. The zero-order valence-electron chi connectivity index (χ0n) is 12.4. The van der Waals surface area contributed by atoms with E-state index in [1.165, 1.54) is 0 Å². The van der Waals surface area contributed by atoms with Gasteiger partial charge in [-0.1, -0.05) is 25.0 Å². The molecule has 2 N–H and O–H groups in total. The number of hydrogen-bond donors (Lipinski definition) is 1. The molecule has 0 aliphatic heterocycles. The summed E-state index contributed by atoms with van der Waals surface area (Å²) in [6.07, 6.45) is 3.76. The minimum atomic E-state index is -3.49. The molecule has 1 saturated carbocycles. The van der Waals surface area contributed by atoms with Crippen LogP contribution < -0.4 is 9.88 Å². The molecule has 1 aliphatic rings. The van der Waals surface area contributed by atoms with Gasteiger partial charge in [-0.2, -0.15) is 0 Å². The molecule has 1 aromatic carbocycles. The van der Waals surface area contributed by atoms with Crippen LogP contribution in [0.5, 0.6) is 5.75 Å². The Morgan fingerprint density at radius 3 is 2.62 bits per heavy atom. The Balaban J connectivity index is 2.03. The predicted octanol–water partition coefficient (Wildman–Crippen LogP) is 2.06. The summed E-state index contributed by atoms with van der Waals surface area (Å²) in [5.41, 5.74) is 0.687. The van der Waals surface area contributed by atoms with E-state index in [9.17, 15) is 8.42 Å². The summed E-state index contributed by atoms with van der Waals surface area (Å²) in [6, 6.07) is 7.67. The highest BCUT2D eigenvalue weighted by molar-refractivity contribution is 7.89. The van der Waals surface area contributed by atoms with Crippen LogP contribution in [0.3, 0.4) is 0 Å². The Kier molecular flexibility index (Phi) is 5.24. The average molecular weight is 313 g/mol. The highest BCUT2D eigenvalue weighted by Crippen LogP contribution is 2.39. The lowest BCUT2D eigenvalue weighted by atomic mass is 9.90. The number of benzene rings is 1. The third kappa shape index (κ3) is 4.98. The zero-order valence-corrected chi connectivity index (χ0v) is 13.2. The molecule has 21 heavy (non-hydrogen) atoms. The van der Waals surface area contributed by atoms with Gasteiger partial charge in [0.25, 0.3) is 0 Å². The van der Waals surface area contributed by atoms with Crippen molar-refractivity contribution in [2.45, 2.75) is 32.3 Å². The van der Waals surface area contributed by atoms with E-state index in [2.05, 4.69) is 0 Å². The van der Waals surface area contributed by atoms with Crippen LogP contribution in [0.1, 0.15) is 31.2 Å². The lowest BCUT2D eigenvalue weighted by Gasteiger charge is -2.27. The smallest absolute Gasteiger partial charge is 0.209 e. The molecule has 1 fully saturated rings. The molecule has 2 rings (SSSR count). The molecule has 0 atom stereocenters. The van der Waals surface area contributed by atoms with Crippen molar-refractivity contribution >= 4 is 10.0 Å². The van der Waals surface area contributed by atoms with Crippen LogP contribution in [0.15, 0.2) is 24.3 Å². The van der Waals surface area contributed by atoms with E-state index in [1.54, 1.807) is 7.11 Å². The normalized spacial score (nSPS) is 17.8. The van der Waals surface area contributed by atoms with Crippen molar-refractivity contribution < 1.29 is 17.9 Å². The molecule has 0 radical (unpaired) electrons. The number of primary sulfonamides is 1. The number of ether oxygens (including phenoxy) is 2. The molecule has 0 saturated heterocycles. The molecule has 1 aromatic rings. The quantitative estimate of drug-likeness (QED) is 0.835. The molecule has 0 spiro atoms. The van der Waals surface area contributed by atoms with Gasteiger partial charge in [-0.05, 0) is 30.5 Å². The van der Waals surface area contributed by atoms with Crippen molar-refractivity contribution in [2.24, 2.45) is 10.6 Å². The molecule has 0 aromatic heterocycles. The number of rotatable bonds is 7. The number of hydrogen-bond acceptors (Lipinski definition) is 4. The maximum Gasteiger partial charge on any atom is 0.209 e. The van der Waals surface area contributed by atoms with Crippen molar-refractivity contribution in [3.63, 3.8) is 0 Å². The largest absolute Gasteiger partial charge is 0.493 e. The lowest BCUT2D eigenvalue weighted by molar-refractivity contribution is 0.168. The van der Waals surface area contributed by atoms with Gasteiger partial charge >= 0.3 is 0 Å². The van der Waals surface area contributed by atoms with Crippen molar-refractivity contribution in [1.82, 2.24) is 0 Å². The maximum absolute atomic E-state index is 11.4. The molecule has 0 unspecified atom stereocenters. The van der Waals surface area contributed by atoms with Crippen LogP contribution in [0.4, 0.5) is 0 Å². The first-order chi connectivity index (χ1) is 9.92. The fourth-order valence-corrected chi connectivity index (χ4v) is 4.24. The molecule has 6 heteroatoms. The van der Waals surface area contributed by atoms with Gasteiger partial charge in [0, 0.05) is 12.5 Å². The van der Waals surface area contributed by atoms with Gasteiger partial charge in [0.1, 0.15) is 5.75 Å². The monoisotopic (exact) mass is 313 g/mol. The molecule has 118 valence electrons. The van der Waals surface area contributed by atoms with E-state index in [-0.39, 0.29) is 11.2 Å². The first kappa shape index (κ1) is 16.3. The van der Waals surface area contributed by atoms with E-state index in [4.69, 9.17) is 14.6 Å². The van der Waals surface area contributed by atoms with E-state index < -0.39 is 10.0 Å². The molecular formula is C15H23NO4S. The van der Waals surface area contributed by atoms with Gasteiger partial charge in [0.2, 0.25) is 10.0 Å². The van der Waals surface area contributed by atoms with E-state index in [0.717, 1.165) is 37.0 Å². The second-order valence-electron chi connectivity index (χ2n) is 5.88. The average Bonchev–Trinajstić information content (AvgIpc) is 2.84. The van der Waals surface area contributed by atoms with Crippen molar-refractivity contribution in [3.8, 4) is 5.75 Å². The van der Waals surface area contributed by atoms with Gasteiger partial charge in [0.15, 0.2) is 0 Å². The number of sulfonamides is 1. The topological polar surface area (TPSA) is 78.6 Å². The summed E-state index contributed by atoms with van der Waals surface area (Å²) in [4.78, 5) is 0. The Morgan fingerprint density at radius 1 is 1.29 bits per heavy atom. The second-order valence-corrected chi connectivity index (χ2v) is 7.50. The standard InChI is InChI=1S/C15H23NO4S/c1-19-10-13-5-4-6-14(9-13)20-11-15(7-2-3-8-15)12-21(16,17)18/h4-6,9H,2-3,7-8,10-12H2,1H3,(H2,16,17,18). The minimum Gasteiger partial charge on any atom is -0.493 e. The number of nitrogens with two attached hydrogens (primary N) is 1. The van der Waals surface area contributed by atoms with Gasteiger partial charge in [0.05, 0.1) is 19.0 Å². The Bertz CT molecular complexity index is 565. The molecular weight excluding hydrogens is 290 g/mol. The zero-order chi connectivity index (χ0) is 15.3. The maximum atomic E-state index is 11.4. The van der Waals surface area contributed by atoms with Crippen LogP contribution >= 0.6 is 0 Å². The Morgan fingerprint density at radius 2 is 2.00 bits per heavy atom. The molecule has 1 aliphatic carbocycles. The summed E-state index contributed by atoms with van der Waals surface area (Å²) in [6.45, 7) is 0.916. The fourth-order valence-electron chi connectivity index (χ4n) is 3.01. The summed E-state index contributed by atoms with van der Waals surface area (Å²) in [5.74, 6) is 0.739. The molecule has 5 nitrogen and oxygen atoms in total. The van der Waals surface area contributed by atoms with E-state index in [1.807, 2.05) is 24.3 Å². The van der Waals surface area contributed by atoms with Gasteiger partial charge in [-0.15, -0.1) is 0 Å². The van der Waals surface area contributed by atoms with Gasteiger partial charge in [-0.3, -0.25) is 0 Å². The van der Waals surface area contributed by atoms with Crippen molar-refractivity contribution in [3.05, 3.63) is 29.8 Å². The van der Waals surface area contributed by atoms with Gasteiger partial charge < -0.3 is 9.47 Å². The van der Waals surface area contributed by atoms with Crippen LogP contribution in [0.25, 0.3) is 0 Å². The lowest BCUT2D eigenvalue weighted by Crippen LogP contribution is -2.36. The third-order valence-electron chi connectivity index (χ3n) is 3.93. The minimum absolute atomic E-state index is 0.00222. The highest BCUT2D eigenvalue weighted by atomic mass is 32.2. The molecule has 0 amide bonds. The Labute approximate surface area is 126 Å². The highest BCUT2D eigenvalue weighted by Gasteiger charge is 2.38. The first-order valence-corrected chi connectivity index (χ1v) is 8.85. The van der Waals surface area contributed by atoms with Crippen LogP contribution in [-0.4, -0.2) is 27.9 Å². The van der Waals surface area contributed by atoms with Crippen LogP contribution in [-0.2, 0) is 21.4 Å². The van der Waals surface area contributed by atoms with Crippen LogP contribution in [0, 0.1) is 5.41 Å². The van der Waals surface area contributed by atoms with E-state index in [0.29, 0.717) is 13.2 Å². The third-order valence-corrected chi connectivity index (χ3v) is 4.94. The van der Waals surface area contributed by atoms with Crippen LogP contribution in [0.2, 0.25) is 0 Å². The molecule has 0 bridgehead atoms. The van der Waals surface area contributed by atoms with Crippen molar-refractivity contribution in [1.29, 1.82) is 0 Å². The summed E-state index contributed by atoms with van der Waals surface area (Å²) >= 11 is 0.